The normalized spacial score (nSPS) is 14.0. The standard InChI is InChI=1S/C75H141N2O6P/c1-6-8-10-12-14-16-18-20-22-24-26-28-30-32-34-36-38-40-42-44-46-48-50-52-54-56-58-60-62-64-66-68-74(78)73(72-83-84(80,81)82-71-70-77(3,4)5)76-75(79)69-67-65-63-61-59-57-55-53-51-49-47-45-43-41-39-37-35-33-31-29-27-25-23-21-19-17-15-13-11-9-7-2/h9,11,15,17,21,23,27,29,58,60,66,68,73-74,78H,6-8,10,12-14,16,18-20,22,24-26,28,30-57,59,61-65,67,69-72H2,1-5H3,(H-,76,79,80,81)/p+1/b11-9-,17-15-,23-21-,29-27-,60-58+,68-66+. The zero-order valence-corrected chi connectivity index (χ0v) is 57.3. The second-order valence-corrected chi connectivity index (χ2v) is 27.4. The van der Waals surface area contributed by atoms with Crippen LogP contribution in [0, 0.1) is 0 Å². The molecule has 0 aromatic heterocycles. The number of nitrogens with one attached hydrogen (secondary N) is 1. The largest absolute Gasteiger partial charge is 0.472 e. The fraction of sp³-hybridized carbons (Fsp3) is 0.827. The van der Waals surface area contributed by atoms with Crippen LogP contribution in [0.5, 0.6) is 0 Å². The van der Waals surface area contributed by atoms with Crippen molar-refractivity contribution in [2.24, 2.45) is 0 Å². The summed E-state index contributed by atoms with van der Waals surface area (Å²) in [6.45, 7) is 4.73. The maximum absolute atomic E-state index is 13.1. The average Bonchev–Trinajstić information content (AvgIpc) is 3.56. The van der Waals surface area contributed by atoms with E-state index in [1.807, 2.05) is 27.2 Å². The summed E-state index contributed by atoms with van der Waals surface area (Å²) in [4.78, 5) is 23.4. The molecule has 84 heavy (non-hydrogen) atoms. The first-order chi connectivity index (χ1) is 41.0. The summed E-state index contributed by atoms with van der Waals surface area (Å²) in [5.41, 5.74) is 0. The minimum absolute atomic E-state index is 0.0556. The van der Waals surface area contributed by atoms with Crippen molar-refractivity contribution in [2.45, 2.75) is 360 Å². The SMILES string of the molecule is CC/C=C\C/C=C\C/C=C\C/C=C\CCCCCCCCCCCCCCCCCCCCC(=O)NC(COP(=O)(O)OCC[N+](C)(C)C)C(O)/C=C/CC/C=C/CCCCCCCCCCCCCCCCCCCCCCCCCCC. The van der Waals surface area contributed by atoms with E-state index in [4.69, 9.17) is 9.05 Å². The van der Waals surface area contributed by atoms with Gasteiger partial charge in [-0.25, -0.2) is 4.57 Å². The number of hydrogen-bond acceptors (Lipinski definition) is 5. The van der Waals surface area contributed by atoms with Gasteiger partial charge in [0.05, 0.1) is 39.9 Å². The number of allylic oxidation sites excluding steroid dienone is 11. The van der Waals surface area contributed by atoms with Gasteiger partial charge in [-0.2, -0.15) is 0 Å². The van der Waals surface area contributed by atoms with E-state index in [9.17, 15) is 19.4 Å². The van der Waals surface area contributed by atoms with E-state index in [1.165, 1.54) is 263 Å². The van der Waals surface area contributed by atoms with E-state index in [0.29, 0.717) is 17.4 Å². The molecule has 492 valence electrons. The number of phosphoric acid groups is 1. The Labute approximate surface area is 523 Å². The minimum Gasteiger partial charge on any atom is -0.387 e. The number of aliphatic hydroxyl groups is 1. The van der Waals surface area contributed by atoms with Crippen molar-refractivity contribution in [3.63, 3.8) is 0 Å². The van der Waals surface area contributed by atoms with Gasteiger partial charge >= 0.3 is 7.82 Å². The number of likely N-dealkylation sites (N-methyl/N-ethyl adjacent to an activating group) is 1. The van der Waals surface area contributed by atoms with Crippen LogP contribution >= 0.6 is 7.82 Å². The van der Waals surface area contributed by atoms with Gasteiger partial charge in [0, 0.05) is 6.42 Å². The fourth-order valence-electron chi connectivity index (χ4n) is 10.8. The number of phosphoric ester groups is 1. The third kappa shape index (κ3) is 67.4. The molecule has 0 rings (SSSR count). The van der Waals surface area contributed by atoms with Crippen LogP contribution in [-0.4, -0.2) is 73.4 Å². The molecule has 0 fully saturated rings. The lowest BCUT2D eigenvalue weighted by atomic mass is 10.0. The van der Waals surface area contributed by atoms with Gasteiger partial charge in [0.25, 0.3) is 0 Å². The van der Waals surface area contributed by atoms with E-state index in [1.54, 1.807) is 6.08 Å². The summed E-state index contributed by atoms with van der Waals surface area (Å²) >= 11 is 0. The number of aliphatic hydroxyl groups excluding tert-OH is 1. The van der Waals surface area contributed by atoms with E-state index in [0.717, 1.165) is 64.2 Å². The van der Waals surface area contributed by atoms with Gasteiger partial charge in [0.15, 0.2) is 0 Å². The van der Waals surface area contributed by atoms with Crippen molar-refractivity contribution in [3.8, 4) is 0 Å². The first kappa shape index (κ1) is 81.9. The van der Waals surface area contributed by atoms with Gasteiger partial charge in [0.2, 0.25) is 5.91 Å². The highest BCUT2D eigenvalue weighted by Gasteiger charge is 2.28. The molecule has 3 N–H and O–H groups in total. The van der Waals surface area contributed by atoms with Crippen molar-refractivity contribution in [1.82, 2.24) is 5.32 Å². The lowest BCUT2D eigenvalue weighted by Crippen LogP contribution is -2.45. The summed E-state index contributed by atoms with van der Waals surface area (Å²) in [7, 11) is 1.56. The smallest absolute Gasteiger partial charge is 0.387 e. The molecule has 0 aromatic carbocycles. The zero-order valence-electron chi connectivity index (χ0n) is 56.4. The van der Waals surface area contributed by atoms with Crippen molar-refractivity contribution < 1.29 is 32.9 Å². The highest BCUT2D eigenvalue weighted by molar-refractivity contribution is 7.47. The molecular formula is C75H142N2O6P+. The first-order valence-electron chi connectivity index (χ1n) is 36.3. The van der Waals surface area contributed by atoms with Crippen molar-refractivity contribution in [2.75, 3.05) is 40.9 Å². The number of nitrogens with zero attached hydrogens (tertiary/aromatic N) is 1. The second-order valence-electron chi connectivity index (χ2n) is 25.9. The molecule has 9 heteroatoms. The van der Waals surface area contributed by atoms with Crippen LogP contribution < -0.4 is 5.32 Å². The minimum atomic E-state index is -4.37. The summed E-state index contributed by atoms with van der Waals surface area (Å²) < 4.78 is 23.8. The van der Waals surface area contributed by atoms with Crippen LogP contribution in [-0.2, 0) is 18.4 Å². The average molecular weight is 1200 g/mol. The van der Waals surface area contributed by atoms with Gasteiger partial charge in [-0.05, 0) is 70.6 Å². The van der Waals surface area contributed by atoms with E-state index in [2.05, 4.69) is 79.9 Å². The van der Waals surface area contributed by atoms with Crippen LogP contribution in [0.3, 0.4) is 0 Å². The molecule has 0 aliphatic heterocycles. The second kappa shape index (κ2) is 65.4. The Bertz CT molecular complexity index is 1600. The molecular weight excluding hydrogens is 1060 g/mol. The Morgan fingerprint density at radius 3 is 1.10 bits per heavy atom. The number of unbranched alkanes of at least 4 members (excludes halogenated alkanes) is 44. The Hall–Kier alpha value is -2.06. The highest BCUT2D eigenvalue weighted by atomic mass is 31.2. The molecule has 0 aliphatic rings. The topological polar surface area (TPSA) is 105 Å². The van der Waals surface area contributed by atoms with Gasteiger partial charge < -0.3 is 19.8 Å². The number of rotatable bonds is 67. The Morgan fingerprint density at radius 2 is 0.726 bits per heavy atom. The predicted molar refractivity (Wildman–Crippen MR) is 369 cm³/mol. The molecule has 3 unspecified atom stereocenters. The monoisotopic (exact) mass is 1200 g/mol. The van der Waals surface area contributed by atoms with Crippen LogP contribution in [0.4, 0.5) is 0 Å². The van der Waals surface area contributed by atoms with Crippen molar-refractivity contribution in [1.29, 1.82) is 0 Å². The molecule has 0 heterocycles. The van der Waals surface area contributed by atoms with Crippen LogP contribution in [0.15, 0.2) is 72.9 Å². The van der Waals surface area contributed by atoms with Crippen LogP contribution in [0.1, 0.15) is 348 Å². The molecule has 0 spiro atoms. The van der Waals surface area contributed by atoms with Gasteiger partial charge in [0.1, 0.15) is 13.2 Å². The third-order valence-corrected chi connectivity index (χ3v) is 17.4. The Balaban J connectivity index is 4.07. The number of hydrogen-bond donors (Lipinski definition) is 3. The van der Waals surface area contributed by atoms with Gasteiger partial charge in [-0.15, -0.1) is 0 Å². The molecule has 0 radical (unpaired) electrons. The summed E-state index contributed by atoms with van der Waals surface area (Å²) in [6, 6.07) is -0.867. The molecule has 0 saturated carbocycles. The lowest BCUT2D eigenvalue weighted by molar-refractivity contribution is -0.870. The molecule has 8 nitrogen and oxygen atoms in total. The third-order valence-electron chi connectivity index (χ3n) is 16.4. The number of carbonyl (C=O) groups excluding carboxylic acids is 1. The fourth-order valence-corrected chi connectivity index (χ4v) is 11.6. The van der Waals surface area contributed by atoms with Gasteiger partial charge in [-0.1, -0.05) is 344 Å². The summed E-state index contributed by atoms with van der Waals surface area (Å²) in [5, 5.41) is 14.0. The predicted octanol–water partition coefficient (Wildman–Crippen LogP) is 23.3. The quantitative estimate of drug-likeness (QED) is 0.0243. The van der Waals surface area contributed by atoms with E-state index >= 15 is 0 Å². The highest BCUT2D eigenvalue weighted by Crippen LogP contribution is 2.43. The van der Waals surface area contributed by atoms with Crippen molar-refractivity contribution >= 4 is 13.7 Å². The van der Waals surface area contributed by atoms with E-state index in [-0.39, 0.29) is 19.1 Å². The summed E-state index contributed by atoms with van der Waals surface area (Å²) in [5.74, 6) is -0.183. The van der Waals surface area contributed by atoms with Gasteiger partial charge in [-0.3, -0.25) is 13.8 Å². The van der Waals surface area contributed by atoms with Crippen molar-refractivity contribution in [3.05, 3.63) is 72.9 Å². The summed E-state index contributed by atoms with van der Waals surface area (Å²) in [6.07, 6.45) is 92.1. The molecule has 1 amide bonds. The Morgan fingerprint density at radius 1 is 0.417 bits per heavy atom. The molecule has 3 atom stereocenters. The number of quaternary nitrogens is 1. The van der Waals surface area contributed by atoms with E-state index < -0.39 is 20.0 Å². The first-order valence-corrected chi connectivity index (χ1v) is 37.8. The number of carbonyl (C=O) groups is 1. The molecule has 0 bridgehead atoms. The molecule has 0 aliphatic carbocycles. The number of amides is 1. The van der Waals surface area contributed by atoms with Crippen LogP contribution in [0.2, 0.25) is 0 Å². The van der Waals surface area contributed by atoms with Crippen LogP contribution in [0.25, 0.3) is 0 Å². The maximum atomic E-state index is 13.1. The Kier molecular flexibility index (Phi) is 63.8. The molecule has 0 aromatic rings. The molecule has 0 saturated heterocycles. The zero-order chi connectivity index (χ0) is 61.2. The lowest BCUT2D eigenvalue weighted by Gasteiger charge is -2.25. The maximum Gasteiger partial charge on any atom is 0.472 e.